The van der Waals surface area contributed by atoms with Crippen LogP contribution in [0.5, 0.6) is 0 Å². The zero-order valence-electron chi connectivity index (χ0n) is 17.9. The number of nitrogens with one attached hydrogen (secondary N) is 2. The van der Waals surface area contributed by atoms with Crippen LogP contribution in [-0.4, -0.2) is 19.9 Å². The number of benzene rings is 2. The lowest BCUT2D eigenvalue weighted by Crippen LogP contribution is -2.40. The van der Waals surface area contributed by atoms with Gasteiger partial charge in [-0.15, -0.1) is 0 Å². The Bertz CT molecular complexity index is 946. The summed E-state index contributed by atoms with van der Waals surface area (Å²) in [7, 11) is -3.65. The first-order valence-corrected chi connectivity index (χ1v) is 11.3. The Kier molecular flexibility index (Phi) is 7.43. The fraction of sp³-hybridized carbons (Fsp3) is 0.409. The summed E-state index contributed by atoms with van der Waals surface area (Å²) in [4.78, 5) is 4.54. The fourth-order valence-electron chi connectivity index (χ4n) is 2.84. The van der Waals surface area contributed by atoms with Gasteiger partial charge in [-0.25, -0.2) is 18.1 Å². The van der Waals surface area contributed by atoms with E-state index in [0.29, 0.717) is 11.5 Å². The van der Waals surface area contributed by atoms with Crippen LogP contribution in [-0.2, 0) is 16.6 Å². The molecule has 7 heteroatoms. The topological polar surface area (TPSA) is 96.6 Å². The molecule has 0 fully saturated rings. The first kappa shape index (κ1) is 22.9. The van der Waals surface area contributed by atoms with Gasteiger partial charge in [0.05, 0.1) is 11.4 Å². The van der Waals surface area contributed by atoms with Crippen molar-refractivity contribution in [2.24, 2.45) is 10.7 Å². The van der Waals surface area contributed by atoms with Gasteiger partial charge in [0.15, 0.2) is 5.96 Å². The summed E-state index contributed by atoms with van der Waals surface area (Å²) in [6, 6.07) is 14.9. The maximum atomic E-state index is 12.7. The molecule has 29 heavy (non-hydrogen) atoms. The zero-order valence-corrected chi connectivity index (χ0v) is 18.7. The number of nitrogens with two attached hydrogens (primary N) is 1. The van der Waals surface area contributed by atoms with Crippen LogP contribution >= 0.6 is 0 Å². The van der Waals surface area contributed by atoms with Crippen molar-refractivity contribution in [3.8, 4) is 0 Å². The Balaban J connectivity index is 2.13. The molecule has 2 rings (SSSR count). The Morgan fingerprint density at radius 1 is 1.10 bits per heavy atom. The number of hydrogen-bond donors (Lipinski definition) is 3. The van der Waals surface area contributed by atoms with Crippen LogP contribution in [0.2, 0.25) is 0 Å². The van der Waals surface area contributed by atoms with Crippen molar-refractivity contribution in [3.05, 3.63) is 59.7 Å². The Morgan fingerprint density at radius 3 is 2.31 bits per heavy atom. The van der Waals surface area contributed by atoms with Gasteiger partial charge in [0, 0.05) is 11.2 Å². The second-order valence-corrected chi connectivity index (χ2v) is 9.87. The molecule has 2 aromatic rings. The minimum absolute atomic E-state index is 0.158. The maximum absolute atomic E-state index is 12.7. The molecule has 1 unspecified atom stereocenters. The second kappa shape index (κ2) is 9.41. The molecule has 0 aliphatic rings. The van der Waals surface area contributed by atoms with Gasteiger partial charge in [0.25, 0.3) is 0 Å². The Labute approximate surface area is 174 Å². The summed E-state index contributed by atoms with van der Waals surface area (Å²) < 4.78 is 28.1. The predicted molar refractivity (Wildman–Crippen MR) is 121 cm³/mol. The number of sulfonamides is 1. The van der Waals surface area contributed by atoms with Gasteiger partial charge in [0.1, 0.15) is 0 Å². The van der Waals surface area contributed by atoms with E-state index >= 15 is 0 Å². The van der Waals surface area contributed by atoms with Crippen LogP contribution in [0, 0.1) is 0 Å². The quantitative estimate of drug-likeness (QED) is 0.465. The highest BCUT2D eigenvalue weighted by Crippen LogP contribution is 2.21. The standard InChI is InChI=1S/C22H32N4O2S/c1-6-16(2)17-11-13-19(14-12-17)25-21(23)24-15-18-9-7-8-10-20(18)29(27,28)26-22(3,4)5/h7-14,16,26H,6,15H2,1-5H3,(H3,23,24,25). The average molecular weight is 417 g/mol. The molecular weight excluding hydrogens is 384 g/mol. The number of hydrogen-bond acceptors (Lipinski definition) is 3. The molecule has 0 aliphatic carbocycles. The summed E-state index contributed by atoms with van der Waals surface area (Å²) >= 11 is 0. The third-order valence-electron chi connectivity index (χ3n) is 4.49. The lowest BCUT2D eigenvalue weighted by atomic mass is 9.99. The third kappa shape index (κ3) is 6.87. The lowest BCUT2D eigenvalue weighted by molar-refractivity contribution is 0.491. The van der Waals surface area contributed by atoms with Crippen molar-refractivity contribution in [1.82, 2.24) is 4.72 Å². The molecule has 0 bridgehead atoms. The molecule has 0 spiro atoms. The molecule has 0 aliphatic heterocycles. The number of anilines is 1. The SMILES string of the molecule is CCC(C)c1ccc(NC(N)=NCc2ccccc2S(=O)(=O)NC(C)(C)C)cc1. The summed E-state index contributed by atoms with van der Waals surface area (Å²) in [6.45, 7) is 9.93. The first-order chi connectivity index (χ1) is 13.5. The monoisotopic (exact) mass is 416 g/mol. The summed E-state index contributed by atoms with van der Waals surface area (Å²) in [6.07, 6.45) is 1.09. The molecule has 0 saturated heterocycles. The van der Waals surface area contributed by atoms with E-state index in [9.17, 15) is 8.42 Å². The molecular formula is C22H32N4O2S. The predicted octanol–water partition coefficient (Wildman–Crippen LogP) is 4.20. The molecule has 1 atom stereocenters. The highest BCUT2D eigenvalue weighted by atomic mass is 32.2. The summed E-state index contributed by atoms with van der Waals surface area (Å²) in [5, 5.41) is 3.06. The lowest BCUT2D eigenvalue weighted by Gasteiger charge is -2.21. The number of nitrogens with zero attached hydrogens (tertiary/aromatic N) is 1. The van der Waals surface area contributed by atoms with Crippen molar-refractivity contribution in [1.29, 1.82) is 0 Å². The van der Waals surface area contributed by atoms with Crippen molar-refractivity contribution in [2.45, 2.75) is 63.9 Å². The van der Waals surface area contributed by atoms with Gasteiger partial charge >= 0.3 is 0 Å². The van der Waals surface area contributed by atoms with E-state index < -0.39 is 15.6 Å². The maximum Gasteiger partial charge on any atom is 0.241 e. The smallest absolute Gasteiger partial charge is 0.241 e. The molecule has 2 aromatic carbocycles. The molecule has 0 saturated carbocycles. The van der Waals surface area contributed by atoms with Crippen LogP contribution in [0.15, 0.2) is 58.4 Å². The Hall–Kier alpha value is -2.38. The van der Waals surface area contributed by atoms with E-state index in [1.165, 1.54) is 5.56 Å². The molecule has 158 valence electrons. The van der Waals surface area contributed by atoms with Crippen LogP contribution in [0.4, 0.5) is 5.69 Å². The van der Waals surface area contributed by atoms with Gasteiger partial charge in [0.2, 0.25) is 10.0 Å². The minimum Gasteiger partial charge on any atom is -0.370 e. The van der Waals surface area contributed by atoms with Gasteiger partial charge in [-0.05, 0) is 62.4 Å². The van der Waals surface area contributed by atoms with Gasteiger partial charge in [-0.2, -0.15) is 0 Å². The Morgan fingerprint density at radius 2 is 1.72 bits per heavy atom. The van der Waals surface area contributed by atoms with Crippen LogP contribution in [0.3, 0.4) is 0 Å². The van der Waals surface area contributed by atoms with E-state index in [1.807, 2.05) is 12.1 Å². The molecule has 6 nitrogen and oxygen atoms in total. The summed E-state index contributed by atoms with van der Waals surface area (Å²) in [5.41, 5.74) is 8.14. The van der Waals surface area contributed by atoms with Gasteiger partial charge in [-0.1, -0.05) is 44.2 Å². The number of rotatable bonds is 7. The minimum atomic E-state index is -3.65. The number of guanidine groups is 1. The first-order valence-electron chi connectivity index (χ1n) is 9.80. The largest absolute Gasteiger partial charge is 0.370 e. The van der Waals surface area contributed by atoms with Crippen LogP contribution < -0.4 is 15.8 Å². The van der Waals surface area contributed by atoms with E-state index in [-0.39, 0.29) is 17.4 Å². The molecule has 0 radical (unpaired) electrons. The zero-order chi connectivity index (χ0) is 21.7. The van der Waals surface area contributed by atoms with E-state index in [2.05, 4.69) is 41.0 Å². The highest BCUT2D eigenvalue weighted by molar-refractivity contribution is 7.89. The normalized spacial score (nSPS) is 13.9. The fourth-order valence-corrected chi connectivity index (χ4v) is 4.49. The second-order valence-electron chi connectivity index (χ2n) is 8.22. The highest BCUT2D eigenvalue weighted by Gasteiger charge is 2.24. The molecule has 0 amide bonds. The van der Waals surface area contributed by atoms with Crippen LogP contribution in [0.1, 0.15) is 58.1 Å². The van der Waals surface area contributed by atoms with Crippen molar-refractivity contribution < 1.29 is 8.42 Å². The summed E-state index contributed by atoms with van der Waals surface area (Å²) in [5.74, 6) is 0.743. The third-order valence-corrected chi connectivity index (χ3v) is 6.35. The van der Waals surface area contributed by atoms with E-state index in [4.69, 9.17) is 5.73 Å². The molecule has 0 aromatic heterocycles. The van der Waals surface area contributed by atoms with Crippen molar-refractivity contribution in [2.75, 3.05) is 5.32 Å². The van der Waals surface area contributed by atoms with Gasteiger partial charge < -0.3 is 11.1 Å². The number of aliphatic imine (C=N–C) groups is 1. The van der Waals surface area contributed by atoms with Crippen LogP contribution in [0.25, 0.3) is 0 Å². The van der Waals surface area contributed by atoms with Crippen molar-refractivity contribution >= 4 is 21.7 Å². The average Bonchev–Trinajstić information content (AvgIpc) is 2.64. The molecule has 0 heterocycles. The van der Waals surface area contributed by atoms with E-state index in [1.54, 1.807) is 45.0 Å². The van der Waals surface area contributed by atoms with Crippen molar-refractivity contribution in [3.63, 3.8) is 0 Å². The molecule has 4 N–H and O–H groups in total. The van der Waals surface area contributed by atoms with Gasteiger partial charge in [-0.3, -0.25) is 0 Å². The van der Waals surface area contributed by atoms with E-state index in [0.717, 1.165) is 12.1 Å².